The Labute approximate surface area is 143 Å². The van der Waals surface area contributed by atoms with Gasteiger partial charge < -0.3 is 9.30 Å². The lowest BCUT2D eigenvalue weighted by atomic mass is 9.92. The third-order valence-electron chi connectivity index (χ3n) is 4.08. The van der Waals surface area contributed by atoms with Crippen LogP contribution in [0, 0.1) is 12.8 Å². The first kappa shape index (κ1) is 16.6. The molecule has 1 aliphatic rings. The van der Waals surface area contributed by atoms with Crippen LogP contribution in [-0.4, -0.2) is 27.8 Å². The first-order chi connectivity index (χ1) is 11.3. The molecule has 1 aromatic carbocycles. The van der Waals surface area contributed by atoms with E-state index in [1.807, 2.05) is 58.4 Å². The van der Waals surface area contributed by atoms with Crippen LogP contribution in [0.5, 0.6) is 0 Å². The second-order valence-electron chi connectivity index (χ2n) is 7.50. The van der Waals surface area contributed by atoms with Gasteiger partial charge in [-0.3, -0.25) is 4.90 Å². The van der Waals surface area contributed by atoms with Crippen LogP contribution in [0.25, 0.3) is 0 Å². The lowest BCUT2D eigenvalue weighted by Crippen LogP contribution is -2.43. The summed E-state index contributed by atoms with van der Waals surface area (Å²) in [5, 5.41) is 0. The predicted octanol–water partition coefficient (Wildman–Crippen LogP) is 3.81. The summed E-state index contributed by atoms with van der Waals surface area (Å²) in [4.78, 5) is 18.7. The fourth-order valence-corrected chi connectivity index (χ4v) is 3.16. The van der Waals surface area contributed by atoms with E-state index in [2.05, 4.69) is 15.6 Å². The third kappa shape index (κ3) is 3.78. The summed E-state index contributed by atoms with van der Waals surface area (Å²) < 4.78 is 7.70. The van der Waals surface area contributed by atoms with Crippen LogP contribution >= 0.6 is 0 Å². The zero-order valence-electron chi connectivity index (χ0n) is 14.8. The highest BCUT2D eigenvalue weighted by Gasteiger charge is 2.31. The van der Waals surface area contributed by atoms with Crippen LogP contribution in [0.3, 0.4) is 0 Å². The molecule has 0 bridgehead atoms. The molecule has 1 aromatic heterocycles. The minimum atomic E-state index is -0.500. The van der Waals surface area contributed by atoms with Crippen molar-refractivity contribution in [3.8, 4) is 0 Å². The fraction of sp³-hybridized carbons (Fsp3) is 0.474. The number of hydrogen-bond donors (Lipinski definition) is 0. The van der Waals surface area contributed by atoms with Gasteiger partial charge in [0, 0.05) is 19.3 Å². The van der Waals surface area contributed by atoms with Crippen molar-refractivity contribution in [2.75, 3.05) is 11.4 Å². The van der Waals surface area contributed by atoms with Crippen molar-refractivity contribution in [3.63, 3.8) is 0 Å². The molecule has 0 spiro atoms. The second-order valence-corrected chi connectivity index (χ2v) is 7.50. The van der Waals surface area contributed by atoms with Crippen LogP contribution in [0.4, 0.5) is 10.5 Å². The van der Waals surface area contributed by atoms with Crippen molar-refractivity contribution < 1.29 is 9.53 Å². The molecule has 5 nitrogen and oxygen atoms in total. The maximum Gasteiger partial charge on any atom is 0.414 e. The van der Waals surface area contributed by atoms with Gasteiger partial charge in [-0.2, -0.15) is 0 Å². The molecule has 1 amide bonds. The number of carbonyl (C=O) groups excluding carboxylic acids is 1. The Balaban J connectivity index is 1.83. The van der Waals surface area contributed by atoms with Crippen LogP contribution in [0.15, 0.2) is 36.8 Å². The predicted molar refractivity (Wildman–Crippen MR) is 94.2 cm³/mol. The highest BCUT2D eigenvalue weighted by molar-refractivity contribution is 5.89. The van der Waals surface area contributed by atoms with E-state index in [0.29, 0.717) is 12.5 Å². The van der Waals surface area contributed by atoms with E-state index in [9.17, 15) is 4.79 Å². The number of carbonyl (C=O) groups is 1. The Morgan fingerprint density at radius 1 is 1.33 bits per heavy atom. The zero-order chi connectivity index (χ0) is 17.3. The molecule has 5 heteroatoms. The molecule has 0 aliphatic carbocycles. The van der Waals surface area contributed by atoms with Gasteiger partial charge in [-0.05, 0) is 51.7 Å². The highest BCUT2D eigenvalue weighted by atomic mass is 16.6. The van der Waals surface area contributed by atoms with Crippen molar-refractivity contribution >= 4 is 11.8 Å². The van der Waals surface area contributed by atoms with Gasteiger partial charge in [0.05, 0.1) is 17.7 Å². The molecule has 128 valence electrons. The lowest BCUT2D eigenvalue weighted by molar-refractivity contribution is 0.0570. The van der Waals surface area contributed by atoms with Crippen molar-refractivity contribution in [2.45, 2.75) is 46.3 Å². The number of anilines is 1. The Bertz CT molecular complexity index is 730. The molecule has 0 saturated heterocycles. The normalized spacial score (nSPS) is 17.5. The summed E-state index contributed by atoms with van der Waals surface area (Å²) in [5.41, 5.74) is 2.66. The van der Waals surface area contributed by atoms with Crippen molar-refractivity contribution in [3.05, 3.63) is 48.0 Å². The summed E-state index contributed by atoms with van der Waals surface area (Å²) >= 11 is 0. The Morgan fingerprint density at radius 2 is 2.08 bits per heavy atom. The minimum Gasteiger partial charge on any atom is -0.443 e. The molecular formula is C19H25N3O2. The first-order valence-corrected chi connectivity index (χ1v) is 8.38. The minimum absolute atomic E-state index is 0.276. The summed E-state index contributed by atoms with van der Waals surface area (Å²) in [6, 6.07) is 8.08. The van der Waals surface area contributed by atoms with Crippen molar-refractivity contribution in [1.29, 1.82) is 0 Å². The van der Waals surface area contributed by atoms with Gasteiger partial charge in [-0.15, -0.1) is 0 Å². The van der Waals surface area contributed by atoms with Gasteiger partial charge in [-0.1, -0.05) is 18.2 Å². The molecule has 24 heavy (non-hydrogen) atoms. The number of benzene rings is 1. The zero-order valence-corrected chi connectivity index (χ0v) is 14.8. The van der Waals surface area contributed by atoms with Gasteiger partial charge in [-0.25, -0.2) is 9.78 Å². The Hall–Kier alpha value is -2.30. The SMILES string of the molecule is Cc1cn(CC2Cc3ccccc3N(C(=O)OC(C)(C)C)C2)cn1. The fourth-order valence-electron chi connectivity index (χ4n) is 3.16. The number of rotatable bonds is 2. The standard InChI is InChI=1S/C19H25N3O2/c1-14-10-21(13-20-14)11-15-9-16-7-5-6-8-17(16)22(12-15)18(23)24-19(2,3)4/h5-8,10,13,15H,9,11-12H2,1-4H3. The van der Waals surface area contributed by atoms with Gasteiger partial charge >= 0.3 is 6.09 Å². The molecule has 2 heterocycles. The number of aryl methyl sites for hydroxylation is 1. The van der Waals surface area contributed by atoms with E-state index in [-0.39, 0.29) is 6.09 Å². The van der Waals surface area contributed by atoms with Gasteiger partial charge in [0.1, 0.15) is 5.60 Å². The van der Waals surface area contributed by atoms with Crippen molar-refractivity contribution in [2.24, 2.45) is 5.92 Å². The van der Waals surface area contributed by atoms with E-state index >= 15 is 0 Å². The van der Waals surface area contributed by atoms with Gasteiger partial charge in [0.2, 0.25) is 0 Å². The number of imidazole rings is 1. The maximum atomic E-state index is 12.7. The number of aromatic nitrogens is 2. The van der Waals surface area contributed by atoms with Gasteiger partial charge in [0.25, 0.3) is 0 Å². The third-order valence-corrected chi connectivity index (χ3v) is 4.08. The number of para-hydroxylation sites is 1. The van der Waals surface area contributed by atoms with E-state index in [4.69, 9.17) is 4.74 Å². The molecule has 0 fully saturated rings. The number of amides is 1. The molecule has 1 unspecified atom stereocenters. The molecule has 3 rings (SSSR count). The highest BCUT2D eigenvalue weighted by Crippen LogP contribution is 2.31. The second kappa shape index (κ2) is 6.30. The molecule has 0 N–H and O–H groups in total. The number of fused-ring (bicyclic) bond motifs is 1. The Morgan fingerprint density at radius 3 is 2.75 bits per heavy atom. The maximum absolute atomic E-state index is 12.7. The number of ether oxygens (including phenoxy) is 1. The Kier molecular flexibility index (Phi) is 4.35. The van der Waals surface area contributed by atoms with Crippen LogP contribution in [-0.2, 0) is 17.7 Å². The smallest absolute Gasteiger partial charge is 0.414 e. The van der Waals surface area contributed by atoms with Crippen LogP contribution in [0.2, 0.25) is 0 Å². The molecule has 2 aromatic rings. The molecule has 1 aliphatic heterocycles. The average molecular weight is 327 g/mol. The van der Waals surface area contributed by atoms with Crippen LogP contribution in [0.1, 0.15) is 32.0 Å². The van der Waals surface area contributed by atoms with E-state index in [0.717, 1.165) is 24.3 Å². The first-order valence-electron chi connectivity index (χ1n) is 8.38. The summed E-state index contributed by atoms with van der Waals surface area (Å²) in [5.74, 6) is 0.334. The van der Waals surface area contributed by atoms with Gasteiger partial charge in [0.15, 0.2) is 0 Å². The lowest BCUT2D eigenvalue weighted by Gasteiger charge is -2.35. The van der Waals surface area contributed by atoms with E-state index in [1.165, 1.54) is 5.56 Å². The molecule has 0 saturated carbocycles. The number of nitrogens with zero attached hydrogens (tertiary/aromatic N) is 3. The summed E-state index contributed by atoms with van der Waals surface area (Å²) in [6.07, 6.45) is 4.57. The van der Waals surface area contributed by atoms with Crippen LogP contribution < -0.4 is 4.90 Å². The molecule has 0 radical (unpaired) electrons. The quantitative estimate of drug-likeness (QED) is 0.843. The van der Waals surface area contributed by atoms with Crippen molar-refractivity contribution in [1.82, 2.24) is 9.55 Å². The van der Waals surface area contributed by atoms with E-state index in [1.54, 1.807) is 4.90 Å². The largest absolute Gasteiger partial charge is 0.443 e. The number of hydrogen-bond acceptors (Lipinski definition) is 3. The summed E-state index contributed by atoms with van der Waals surface area (Å²) in [6.45, 7) is 9.17. The molecular weight excluding hydrogens is 302 g/mol. The average Bonchev–Trinajstić information content (AvgIpc) is 2.89. The monoisotopic (exact) mass is 327 g/mol. The summed E-state index contributed by atoms with van der Waals surface area (Å²) in [7, 11) is 0. The van der Waals surface area contributed by atoms with E-state index < -0.39 is 5.60 Å². The topological polar surface area (TPSA) is 47.4 Å². The molecule has 1 atom stereocenters.